The van der Waals surface area contributed by atoms with Gasteiger partial charge in [0.15, 0.2) is 8.32 Å². The van der Waals surface area contributed by atoms with E-state index in [1.54, 1.807) is 19.4 Å². The normalized spacial score (nSPS) is 13.0. The van der Waals surface area contributed by atoms with E-state index in [9.17, 15) is 9.59 Å². The topological polar surface area (TPSA) is 66.8 Å². The molecule has 0 bridgehead atoms. The van der Waals surface area contributed by atoms with Gasteiger partial charge in [-0.05, 0) is 47.6 Å². The van der Waals surface area contributed by atoms with E-state index in [1.165, 1.54) is 7.11 Å². The van der Waals surface area contributed by atoms with Gasteiger partial charge in [0.1, 0.15) is 11.3 Å². The minimum absolute atomic E-state index is 0.00530. The maximum absolute atomic E-state index is 12.9. The molecule has 6 nitrogen and oxygen atoms in total. The molecule has 0 radical (unpaired) electrons. The van der Waals surface area contributed by atoms with Gasteiger partial charge in [0.2, 0.25) is 5.43 Å². The molecule has 2 aromatic rings. The maximum atomic E-state index is 12.9. The molecular formula is C20H28BrNO5Si. The summed E-state index contributed by atoms with van der Waals surface area (Å²) < 4.78 is 19.0. The maximum Gasteiger partial charge on any atom is 0.343 e. The average Bonchev–Trinajstić information content (AvgIpc) is 2.61. The van der Waals surface area contributed by atoms with E-state index in [-0.39, 0.29) is 23.0 Å². The Hall–Kier alpha value is -1.64. The molecule has 0 spiro atoms. The zero-order valence-electron chi connectivity index (χ0n) is 17.5. The van der Waals surface area contributed by atoms with Crippen molar-refractivity contribution in [3.63, 3.8) is 0 Å². The molecule has 28 heavy (non-hydrogen) atoms. The summed E-state index contributed by atoms with van der Waals surface area (Å²) in [6.45, 7) is 11.1. The minimum atomic E-state index is -1.75. The highest BCUT2D eigenvalue weighted by Gasteiger charge is 2.25. The third-order valence-electron chi connectivity index (χ3n) is 4.52. The summed E-state index contributed by atoms with van der Waals surface area (Å²) in [5.41, 5.74) is 0.330. The zero-order chi connectivity index (χ0) is 21.2. The molecule has 1 unspecified atom stereocenters. The fourth-order valence-electron chi connectivity index (χ4n) is 2.97. The molecule has 1 aromatic carbocycles. The van der Waals surface area contributed by atoms with E-state index in [0.717, 1.165) is 0 Å². The van der Waals surface area contributed by atoms with Gasteiger partial charge < -0.3 is 18.5 Å². The van der Waals surface area contributed by atoms with Crippen LogP contribution in [-0.4, -0.2) is 39.7 Å². The highest BCUT2D eigenvalue weighted by atomic mass is 79.9. The summed E-state index contributed by atoms with van der Waals surface area (Å²) >= 11 is 3.43. The lowest BCUT2D eigenvalue weighted by Gasteiger charge is -2.29. The largest absolute Gasteiger partial charge is 0.495 e. The van der Waals surface area contributed by atoms with Gasteiger partial charge >= 0.3 is 5.97 Å². The zero-order valence-corrected chi connectivity index (χ0v) is 20.0. The molecule has 0 amide bonds. The van der Waals surface area contributed by atoms with Gasteiger partial charge in [-0.15, -0.1) is 0 Å². The fourth-order valence-corrected chi connectivity index (χ4v) is 4.14. The van der Waals surface area contributed by atoms with Gasteiger partial charge in [-0.2, -0.15) is 0 Å². The van der Waals surface area contributed by atoms with Crippen molar-refractivity contribution in [1.29, 1.82) is 0 Å². The van der Waals surface area contributed by atoms with E-state index in [1.807, 2.05) is 10.6 Å². The van der Waals surface area contributed by atoms with Gasteiger partial charge in [-0.1, -0.05) is 13.8 Å². The molecule has 0 aliphatic rings. The van der Waals surface area contributed by atoms with Crippen molar-refractivity contribution in [2.45, 2.75) is 39.5 Å². The minimum Gasteiger partial charge on any atom is -0.495 e. The summed E-state index contributed by atoms with van der Waals surface area (Å²) in [7, 11) is 1.10. The first-order valence-corrected chi connectivity index (χ1v) is 13.3. The Balaban J connectivity index is 2.81. The highest BCUT2D eigenvalue weighted by Crippen LogP contribution is 2.32. The van der Waals surface area contributed by atoms with Gasteiger partial charge in [-0.25, -0.2) is 4.79 Å². The number of methoxy groups -OCH3 is 2. The molecule has 1 heterocycles. The highest BCUT2D eigenvalue weighted by molar-refractivity contribution is 9.10. The molecule has 1 aromatic heterocycles. The second kappa shape index (κ2) is 8.80. The van der Waals surface area contributed by atoms with Crippen LogP contribution in [0, 0.1) is 5.92 Å². The van der Waals surface area contributed by atoms with Crippen LogP contribution in [0.15, 0.2) is 27.6 Å². The number of esters is 1. The lowest BCUT2D eigenvalue weighted by Crippen LogP contribution is -2.32. The summed E-state index contributed by atoms with van der Waals surface area (Å²) in [4.78, 5) is 25.2. The molecule has 0 fully saturated rings. The van der Waals surface area contributed by atoms with Crippen LogP contribution in [0.25, 0.3) is 10.9 Å². The van der Waals surface area contributed by atoms with Crippen LogP contribution < -0.4 is 10.2 Å². The van der Waals surface area contributed by atoms with Crippen LogP contribution in [0.2, 0.25) is 19.6 Å². The van der Waals surface area contributed by atoms with Gasteiger partial charge in [0, 0.05) is 17.6 Å². The van der Waals surface area contributed by atoms with Crippen molar-refractivity contribution in [1.82, 2.24) is 4.57 Å². The number of ether oxygens (including phenoxy) is 2. The van der Waals surface area contributed by atoms with E-state index >= 15 is 0 Å². The molecule has 2 rings (SSSR count). The second-order valence-corrected chi connectivity index (χ2v) is 13.4. The summed E-state index contributed by atoms with van der Waals surface area (Å²) in [5, 5.41) is 0.425. The van der Waals surface area contributed by atoms with Crippen molar-refractivity contribution in [3.05, 3.63) is 38.6 Å². The quantitative estimate of drug-likeness (QED) is 0.437. The number of carbonyl (C=O) groups is 1. The number of carbonyl (C=O) groups excluding carboxylic acids is 1. The molecule has 8 heteroatoms. The Kier molecular flexibility index (Phi) is 7.11. The Bertz CT molecular complexity index is 933. The first-order chi connectivity index (χ1) is 13.0. The predicted molar refractivity (Wildman–Crippen MR) is 117 cm³/mol. The van der Waals surface area contributed by atoms with Crippen LogP contribution in [0.3, 0.4) is 0 Å². The van der Waals surface area contributed by atoms with Crippen molar-refractivity contribution < 1.29 is 18.7 Å². The molecule has 0 saturated heterocycles. The van der Waals surface area contributed by atoms with Crippen molar-refractivity contribution in [3.8, 4) is 5.75 Å². The summed E-state index contributed by atoms with van der Waals surface area (Å²) in [6.07, 6.45) is 1.59. The number of rotatable bonds is 7. The standard InChI is InChI=1S/C20H28BrNO5Si/c1-12(2)17(11-27-28(5,6)7)22-10-14(20(24)26-4)19(23)13-8-15(21)18(25-3)9-16(13)22/h8-10,12,17H,11H2,1-7H3. The Morgan fingerprint density at radius 2 is 1.86 bits per heavy atom. The van der Waals surface area contributed by atoms with Gasteiger partial charge in [0.25, 0.3) is 0 Å². The number of benzene rings is 1. The first-order valence-electron chi connectivity index (χ1n) is 9.14. The number of halogens is 1. The van der Waals surface area contributed by atoms with Crippen LogP contribution in [0.1, 0.15) is 30.2 Å². The number of pyridine rings is 1. The van der Waals surface area contributed by atoms with Crippen LogP contribution >= 0.6 is 15.9 Å². The lowest BCUT2D eigenvalue weighted by molar-refractivity contribution is 0.0598. The van der Waals surface area contributed by atoms with E-state index in [2.05, 4.69) is 49.4 Å². The first kappa shape index (κ1) is 22.6. The molecule has 0 saturated carbocycles. The second-order valence-electron chi connectivity index (χ2n) is 8.01. The molecule has 154 valence electrons. The summed E-state index contributed by atoms with van der Waals surface area (Å²) in [5.74, 6) is 0.170. The third kappa shape index (κ3) is 4.85. The SMILES string of the molecule is COC(=O)c1cn(C(CO[Si](C)(C)C)C(C)C)c2cc(OC)c(Br)cc2c1=O. The number of fused-ring (bicyclic) bond motifs is 1. The van der Waals surface area contributed by atoms with E-state index in [4.69, 9.17) is 13.9 Å². The number of hydrogen-bond donors (Lipinski definition) is 0. The number of hydrogen-bond acceptors (Lipinski definition) is 5. The van der Waals surface area contributed by atoms with Crippen molar-refractivity contribution in [2.75, 3.05) is 20.8 Å². The number of aromatic nitrogens is 1. The Morgan fingerprint density at radius 3 is 2.36 bits per heavy atom. The molecule has 1 atom stereocenters. The average molecular weight is 470 g/mol. The lowest BCUT2D eigenvalue weighted by atomic mass is 10.0. The molecule has 0 N–H and O–H groups in total. The molecular weight excluding hydrogens is 442 g/mol. The number of nitrogens with zero attached hydrogens (tertiary/aromatic N) is 1. The van der Waals surface area contributed by atoms with Crippen molar-refractivity contribution >= 4 is 41.1 Å². The molecule has 0 aliphatic heterocycles. The van der Waals surface area contributed by atoms with Gasteiger partial charge in [0.05, 0.1) is 36.9 Å². The van der Waals surface area contributed by atoms with Crippen molar-refractivity contribution in [2.24, 2.45) is 5.92 Å². The predicted octanol–water partition coefficient (Wildman–Crippen LogP) is 4.61. The third-order valence-corrected chi connectivity index (χ3v) is 6.18. The van der Waals surface area contributed by atoms with E-state index in [0.29, 0.717) is 27.7 Å². The fraction of sp³-hybridized carbons (Fsp3) is 0.500. The Labute approximate surface area is 175 Å². The monoisotopic (exact) mass is 469 g/mol. The van der Waals surface area contributed by atoms with Crippen LogP contribution in [0.5, 0.6) is 5.75 Å². The smallest absolute Gasteiger partial charge is 0.343 e. The Morgan fingerprint density at radius 1 is 1.21 bits per heavy atom. The van der Waals surface area contributed by atoms with E-state index < -0.39 is 14.3 Å². The van der Waals surface area contributed by atoms with Gasteiger partial charge in [-0.3, -0.25) is 4.79 Å². The van der Waals surface area contributed by atoms with Crippen LogP contribution in [0.4, 0.5) is 0 Å². The molecule has 0 aliphatic carbocycles. The van der Waals surface area contributed by atoms with Crippen LogP contribution in [-0.2, 0) is 9.16 Å². The summed E-state index contributed by atoms with van der Waals surface area (Å²) in [6, 6.07) is 3.44.